The number of rotatable bonds is 31. The smallest absolute Gasteiger partial charge is 0.307 e. The van der Waals surface area contributed by atoms with E-state index in [2.05, 4.69) is 16.7 Å². The highest BCUT2D eigenvalue weighted by molar-refractivity contribution is 6.43. The van der Waals surface area contributed by atoms with Crippen molar-refractivity contribution in [2.45, 2.75) is 174 Å². The minimum Gasteiger partial charge on any atom is -0.494 e. The highest BCUT2D eigenvalue weighted by Crippen LogP contribution is 2.34. The van der Waals surface area contributed by atoms with Crippen molar-refractivity contribution >= 4 is 46.5 Å². The van der Waals surface area contributed by atoms with Gasteiger partial charge in [-0.25, -0.2) is 0 Å². The lowest BCUT2D eigenvalue weighted by Gasteiger charge is -2.36. The van der Waals surface area contributed by atoms with E-state index < -0.39 is 0 Å². The summed E-state index contributed by atoms with van der Waals surface area (Å²) in [6.07, 6.45) is 31.7. The van der Waals surface area contributed by atoms with Crippen molar-refractivity contribution < 1.29 is 19.1 Å². The number of amides is 1. The van der Waals surface area contributed by atoms with E-state index in [1.807, 2.05) is 36.4 Å². The van der Waals surface area contributed by atoms with Crippen molar-refractivity contribution in [3.05, 3.63) is 52.0 Å². The average Bonchev–Trinajstić information content (AvgIpc) is 3.22. The van der Waals surface area contributed by atoms with Gasteiger partial charge in [-0.3, -0.25) is 19.4 Å². The summed E-state index contributed by atoms with van der Waals surface area (Å²) in [7, 11) is 0. The Bertz CT molecular complexity index is 1420. The third kappa shape index (κ3) is 18.5. The third-order valence-corrected chi connectivity index (χ3v) is 12.7. The fourth-order valence-corrected chi connectivity index (χ4v) is 8.65. The second-order valence-electron chi connectivity index (χ2n) is 16.5. The Morgan fingerprint density at radius 1 is 0.649 bits per heavy atom. The number of hydrogen-bond donors (Lipinski definition) is 0. The van der Waals surface area contributed by atoms with Crippen LogP contribution < -0.4 is 14.5 Å². The van der Waals surface area contributed by atoms with Gasteiger partial charge in [-0.15, -0.1) is 0 Å². The van der Waals surface area contributed by atoms with Crippen LogP contribution in [0.15, 0.2) is 36.4 Å². The number of unbranched alkanes of at least 4 members (excludes halogenated alkanes) is 21. The second-order valence-corrected chi connectivity index (χ2v) is 17.3. The maximum absolute atomic E-state index is 12.9. The normalized spacial score (nSPS) is 14.6. The predicted octanol–water partition coefficient (Wildman–Crippen LogP) is 13.4. The lowest BCUT2D eigenvalue weighted by molar-refractivity contribution is -0.144. The molecule has 0 radical (unpaired) electrons. The summed E-state index contributed by atoms with van der Waals surface area (Å²) in [4.78, 5) is 31.9. The highest BCUT2D eigenvalue weighted by atomic mass is 35.5. The Morgan fingerprint density at radius 2 is 1.23 bits per heavy atom. The monoisotopic (exact) mass is 828 g/mol. The van der Waals surface area contributed by atoms with Crippen LogP contribution in [0, 0.1) is 0 Å². The Balaban J connectivity index is 0.975. The molecule has 2 heterocycles. The zero-order chi connectivity index (χ0) is 40.3. The first-order valence-electron chi connectivity index (χ1n) is 23.1. The van der Waals surface area contributed by atoms with E-state index in [9.17, 15) is 9.59 Å². The van der Waals surface area contributed by atoms with Gasteiger partial charge >= 0.3 is 5.97 Å². The van der Waals surface area contributed by atoms with Crippen LogP contribution in [0.3, 0.4) is 0 Å². The zero-order valence-corrected chi connectivity index (χ0v) is 37.0. The van der Waals surface area contributed by atoms with E-state index in [4.69, 9.17) is 32.7 Å². The summed E-state index contributed by atoms with van der Waals surface area (Å²) >= 11 is 12.7. The van der Waals surface area contributed by atoms with Gasteiger partial charge in [0.25, 0.3) is 0 Å². The molecule has 0 aromatic heterocycles. The number of ether oxygens (including phenoxy) is 2. The van der Waals surface area contributed by atoms with E-state index >= 15 is 0 Å². The topological polar surface area (TPSA) is 62.3 Å². The molecule has 7 nitrogen and oxygen atoms in total. The molecule has 320 valence electrons. The fourth-order valence-electron chi connectivity index (χ4n) is 8.24. The molecular weight excluding hydrogens is 753 g/mol. The SMILES string of the molecule is CCCCCCCCCCCCCCCCCCCCCCCC(=O)OCN1C(=O)CCc2ccc(OCCCCN3CCN(c4cccc(Cl)c4Cl)CC3)cc21. The number of piperazine rings is 1. The number of carbonyl (C=O) groups excluding carboxylic acids is 2. The van der Waals surface area contributed by atoms with Crippen molar-refractivity contribution in [2.75, 3.05) is 55.9 Å². The third-order valence-electron chi connectivity index (χ3n) is 11.9. The molecule has 4 rings (SSSR count). The Labute approximate surface area is 356 Å². The molecular formula is C48H75Cl2N3O4. The van der Waals surface area contributed by atoms with Crippen LogP contribution >= 0.6 is 23.2 Å². The number of fused-ring (bicyclic) bond motifs is 1. The second kappa shape index (κ2) is 28.9. The number of carbonyl (C=O) groups is 2. The number of esters is 1. The van der Waals surface area contributed by atoms with Gasteiger partial charge in [-0.05, 0) is 56.0 Å². The summed E-state index contributed by atoms with van der Waals surface area (Å²) in [6, 6.07) is 11.8. The van der Waals surface area contributed by atoms with Crippen molar-refractivity contribution in [1.29, 1.82) is 0 Å². The average molecular weight is 829 g/mol. The highest BCUT2D eigenvalue weighted by Gasteiger charge is 2.26. The number of aryl methyl sites for hydroxylation is 1. The molecule has 2 aliphatic rings. The number of nitrogens with zero attached hydrogens (tertiary/aromatic N) is 3. The van der Waals surface area contributed by atoms with Crippen LogP contribution in [0.1, 0.15) is 173 Å². The molecule has 9 heteroatoms. The van der Waals surface area contributed by atoms with Gasteiger partial charge < -0.3 is 14.4 Å². The number of halogens is 2. The van der Waals surface area contributed by atoms with Gasteiger partial charge in [-0.1, -0.05) is 171 Å². The van der Waals surface area contributed by atoms with Crippen molar-refractivity contribution in [3.63, 3.8) is 0 Å². The molecule has 0 aliphatic carbocycles. The lowest BCUT2D eigenvalue weighted by atomic mass is 10.0. The van der Waals surface area contributed by atoms with E-state index in [1.54, 1.807) is 4.90 Å². The van der Waals surface area contributed by atoms with Crippen LogP contribution in [0.4, 0.5) is 11.4 Å². The fraction of sp³-hybridized carbons (Fsp3) is 0.708. The minimum absolute atomic E-state index is 0.0146. The summed E-state index contributed by atoms with van der Waals surface area (Å²) in [5.74, 6) is 0.500. The molecule has 1 fully saturated rings. The number of benzene rings is 2. The zero-order valence-electron chi connectivity index (χ0n) is 35.5. The molecule has 0 unspecified atom stereocenters. The van der Waals surface area contributed by atoms with Gasteiger partial charge in [0, 0.05) is 45.1 Å². The first kappa shape index (κ1) is 47.2. The molecule has 0 spiro atoms. The van der Waals surface area contributed by atoms with Crippen molar-refractivity contribution in [3.8, 4) is 5.75 Å². The summed E-state index contributed by atoms with van der Waals surface area (Å²) in [6.45, 7) is 7.72. The minimum atomic E-state index is -0.227. The Hall–Kier alpha value is -2.48. The quantitative estimate of drug-likeness (QED) is 0.0557. The largest absolute Gasteiger partial charge is 0.494 e. The Morgan fingerprint density at radius 3 is 1.82 bits per heavy atom. The molecule has 0 N–H and O–H groups in total. The van der Waals surface area contributed by atoms with Gasteiger partial charge in [0.05, 0.1) is 28.0 Å². The first-order chi connectivity index (χ1) is 28.0. The van der Waals surface area contributed by atoms with Gasteiger partial charge in [-0.2, -0.15) is 0 Å². The van der Waals surface area contributed by atoms with E-state index in [0.29, 0.717) is 35.9 Å². The molecule has 57 heavy (non-hydrogen) atoms. The number of hydrogen-bond acceptors (Lipinski definition) is 6. The molecule has 1 amide bonds. The summed E-state index contributed by atoms with van der Waals surface area (Å²) in [5.41, 5.74) is 2.89. The molecule has 1 saturated heterocycles. The van der Waals surface area contributed by atoms with Crippen LogP contribution in [-0.4, -0.2) is 62.8 Å². The van der Waals surface area contributed by atoms with Crippen LogP contribution in [0.5, 0.6) is 5.75 Å². The van der Waals surface area contributed by atoms with Crippen LogP contribution in [-0.2, 0) is 20.7 Å². The molecule has 2 aliphatic heterocycles. The van der Waals surface area contributed by atoms with Gasteiger partial charge in [0.15, 0.2) is 6.73 Å². The van der Waals surface area contributed by atoms with Crippen LogP contribution in [0.2, 0.25) is 10.0 Å². The standard InChI is InChI=1S/C48H75Cl2N3O4/c1-2-3-4-5-6-7-8-9-10-11-12-13-14-15-16-17-18-19-20-21-22-28-47(55)57-40-53-45-39-42(31-29-41(45)30-32-46(53)54)56-38-24-23-33-51-34-36-52(37-35-51)44-27-25-26-43(49)48(44)50/h25-27,29,31,39H,2-24,28,30,32-38,40H2,1H3. The molecule has 2 aromatic carbocycles. The molecule has 0 bridgehead atoms. The van der Waals surface area contributed by atoms with E-state index in [0.717, 1.165) is 81.1 Å². The molecule has 2 aromatic rings. The maximum atomic E-state index is 12.9. The predicted molar refractivity (Wildman–Crippen MR) is 240 cm³/mol. The maximum Gasteiger partial charge on any atom is 0.307 e. The van der Waals surface area contributed by atoms with Gasteiger partial charge in [0.1, 0.15) is 5.75 Å². The van der Waals surface area contributed by atoms with Gasteiger partial charge in [0.2, 0.25) is 5.91 Å². The summed E-state index contributed by atoms with van der Waals surface area (Å²) in [5, 5.41) is 1.23. The molecule has 0 atom stereocenters. The molecule has 0 saturated carbocycles. The lowest BCUT2D eigenvalue weighted by Crippen LogP contribution is -2.46. The van der Waals surface area contributed by atoms with Crippen molar-refractivity contribution in [2.24, 2.45) is 0 Å². The summed E-state index contributed by atoms with van der Waals surface area (Å²) < 4.78 is 11.7. The van der Waals surface area contributed by atoms with E-state index in [1.165, 1.54) is 122 Å². The Kier molecular flexibility index (Phi) is 23.9. The van der Waals surface area contributed by atoms with Crippen molar-refractivity contribution in [1.82, 2.24) is 4.90 Å². The first-order valence-corrected chi connectivity index (χ1v) is 23.8. The van der Waals surface area contributed by atoms with E-state index in [-0.39, 0.29) is 18.6 Å². The number of anilines is 2. The van der Waals surface area contributed by atoms with Crippen LogP contribution in [0.25, 0.3) is 0 Å².